The van der Waals surface area contributed by atoms with Crippen LogP contribution >= 0.6 is 11.6 Å². The van der Waals surface area contributed by atoms with Gasteiger partial charge >= 0.3 is 5.97 Å². The Kier molecular flexibility index (Phi) is 4.64. The van der Waals surface area contributed by atoms with Crippen LogP contribution in [0.4, 0.5) is 0 Å². The van der Waals surface area contributed by atoms with Crippen molar-refractivity contribution in [2.45, 2.75) is 19.4 Å². The van der Waals surface area contributed by atoms with Gasteiger partial charge in [0.05, 0.1) is 0 Å². The van der Waals surface area contributed by atoms with Crippen LogP contribution in [0.3, 0.4) is 0 Å². The second kappa shape index (κ2) is 6.44. The molecule has 2 aromatic rings. The molecule has 4 heteroatoms. The number of rotatable bonds is 5. The van der Waals surface area contributed by atoms with E-state index in [1.807, 2.05) is 25.1 Å². The predicted octanol–water partition coefficient (Wildman–Crippen LogP) is 3.72. The minimum absolute atomic E-state index is 0.268. The molecule has 104 valence electrons. The Morgan fingerprint density at radius 1 is 1.25 bits per heavy atom. The van der Waals surface area contributed by atoms with Gasteiger partial charge in [-0.2, -0.15) is 0 Å². The van der Waals surface area contributed by atoms with Crippen molar-refractivity contribution in [3.8, 4) is 5.75 Å². The van der Waals surface area contributed by atoms with Crippen molar-refractivity contribution < 1.29 is 14.6 Å². The Hall–Kier alpha value is -2.00. The van der Waals surface area contributed by atoms with Crippen LogP contribution in [0.25, 0.3) is 0 Å². The first-order chi connectivity index (χ1) is 9.54. The third-order valence-electron chi connectivity index (χ3n) is 2.88. The normalized spacial score (nSPS) is 11.9. The molecule has 0 aliphatic carbocycles. The highest BCUT2D eigenvalue weighted by molar-refractivity contribution is 6.30. The quantitative estimate of drug-likeness (QED) is 0.913. The Morgan fingerprint density at radius 3 is 2.55 bits per heavy atom. The first kappa shape index (κ1) is 14.4. The fourth-order valence-electron chi connectivity index (χ4n) is 1.84. The Labute approximate surface area is 122 Å². The highest BCUT2D eigenvalue weighted by Gasteiger charge is 2.20. The van der Waals surface area contributed by atoms with Gasteiger partial charge in [0.15, 0.2) is 6.10 Å². The molecule has 2 aromatic carbocycles. The van der Waals surface area contributed by atoms with Crippen LogP contribution in [0.15, 0.2) is 48.5 Å². The van der Waals surface area contributed by atoms with Crippen molar-refractivity contribution in [3.05, 3.63) is 64.7 Å². The van der Waals surface area contributed by atoms with Crippen LogP contribution in [0.2, 0.25) is 5.02 Å². The molecule has 0 saturated carbocycles. The molecular formula is C16H15ClO3. The highest BCUT2D eigenvalue weighted by atomic mass is 35.5. The molecule has 0 amide bonds. The van der Waals surface area contributed by atoms with Gasteiger partial charge in [0, 0.05) is 11.4 Å². The lowest BCUT2D eigenvalue weighted by Crippen LogP contribution is -2.29. The Balaban J connectivity index is 2.11. The summed E-state index contributed by atoms with van der Waals surface area (Å²) in [6, 6.07) is 14.4. The monoisotopic (exact) mass is 290 g/mol. The Bertz CT molecular complexity index is 593. The molecule has 2 rings (SSSR count). The fourth-order valence-corrected chi connectivity index (χ4v) is 2.05. The number of aliphatic carboxylic acids is 1. The molecule has 1 N–H and O–H groups in total. The van der Waals surface area contributed by atoms with Crippen molar-refractivity contribution in [2.24, 2.45) is 0 Å². The molecule has 0 fully saturated rings. The van der Waals surface area contributed by atoms with Gasteiger partial charge in [-0.3, -0.25) is 0 Å². The number of hydrogen-bond donors (Lipinski definition) is 1. The number of carboxylic acids is 1. The van der Waals surface area contributed by atoms with E-state index in [2.05, 4.69) is 0 Å². The first-order valence-electron chi connectivity index (χ1n) is 6.25. The number of ether oxygens (including phenoxy) is 1. The summed E-state index contributed by atoms with van der Waals surface area (Å²) in [5.74, 6) is -0.449. The molecule has 20 heavy (non-hydrogen) atoms. The third-order valence-corrected chi connectivity index (χ3v) is 3.12. The van der Waals surface area contributed by atoms with Crippen LogP contribution in [-0.4, -0.2) is 17.2 Å². The largest absolute Gasteiger partial charge is 0.478 e. The average molecular weight is 291 g/mol. The van der Waals surface area contributed by atoms with Gasteiger partial charge in [-0.25, -0.2) is 4.79 Å². The van der Waals surface area contributed by atoms with Gasteiger partial charge in [0.1, 0.15) is 5.75 Å². The molecule has 0 radical (unpaired) electrons. The van der Waals surface area contributed by atoms with Gasteiger partial charge in [-0.05, 0) is 36.8 Å². The number of carboxylic acid groups (broad SMARTS) is 1. The molecule has 0 aliphatic rings. The van der Waals surface area contributed by atoms with E-state index in [1.54, 1.807) is 30.3 Å². The van der Waals surface area contributed by atoms with Crippen LogP contribution in [0.1, 0.15) is 11.1 Å². The van der Waals surface area contributed by atoms with Crippen molar-refractivity contribution >= 4 is 17.6 Å². The van der Waals surface area contributed by atoms with Crippen LogP contribution < -0.4 is 4.74 Å². The molecule has 0 saturated heterocycles. The van der Waals surface area contributed by atoms with E-state index >= 15 is 0 Å². The summed E-state index contributed by atoms with van der Waals surface area (Å²) in [6.07, 6.45) is -0.666. The molecule has 1 atom stereocenters. The van der Waals surface area contributed by atoms with Gasteiger partial charge in [-0.1, -0.05) is 41.4 Å². The first-order valence-corrected chi connectivity index (χ1v) is 6.63. The Morgan fingerprint density at radius 2 is 1.95 bits per heavy atom. The van der Waals surface area contributed by atoms with E-state index in [9.17, 15) is 9.90 Å². The topological polar surface area (TPSA) is 46.5 Å². The number of benzene rings is 2. The second-order valence-electron chi connectivity index (χ2n) is 4.59. The van der Waals surface area contributed by atoms with Gasteiger partial charge in [0.2, 0.25) is 0 Å². The number of hydrogen-bond acceptors (Lipinski definition) is 2. The van der Waals surface area contributed by atoms with E-state index in [0.717, 1.165) is 11.1 Å². The number of halogens is 1. The van der Waals surface area contributed by atoms with Crippen LogP contribution in [0, 0.1) is 6.92 Å². The average Bonchev–Trinajstić information content (AvgIpc) is 2.40. The molecule has 0 bridgehead atoms. The van der Waals surface area contributed by atoms with Crippen LogP contribution in [-0.2, 0) is 11.2 Å². The molecule has 0 heterocycles. The highest BCUT2D eigenvalue weighted by Crippen LogP contribution is 2.17. The lowest BCUT2D eigenvalue weighted by Gasteiger charge is -2.15. The molecule has 3 nitrogen and oxygen atoms in total. The summed E-state index contributed by atoms with van der Waals surface area (Å²) in [7, 11) is 0. The van der Waals surface area contributed by atoms with Gasteiger partial charge < -0.3 is 9.84 Å². The molecule has 0 spiro atoms. The van der Waals surface area contributed by atoms with Gasteiger partial charge in [-0.15, -0.1) is 0 Å². The minimum Gasteiger partial charge on any atom is -0.478 e. The lowest BCUT2D eigenvalue weighted by molar-refractivity contribution is -0.145. The number of aryl methyl sites for hydroxylation is 1. The van der Waals surface area contributed by atoms with E-state index < -0.39 is 12.1 Å². The zero-order chi connectivity index (χ0) is 14.5. The summed E-state index contributed by atoms with van der Waals surface area (Å²) >= 11 is 5.90. The molecule has 1 unspecified atom stereocenters. The van der Waals surface area contributed by atoms with Gasteiger partial charge in [0.25, 0.3) is 0 Å². The molecule has 0 aromatic heterocycles. The lowest BCUT2D eigenvalue weighted by atomic mass is 10.1. The maximum Gasteiger partial charge on any atom is 0.345 e. The second-order valence-corrected chi connectivity index (χ2v) is 5.03. The predicted molar refractivity (Wildman–Crippen MR) is 78.4 cm³/mol. The number of carbonyl (C=O) groups is 1. The maximum atomic E-state index is 11.3. The van der Waals surface area contributed by atoms with Crippen molar-refractivity contribution in [3.63, 3.8) is 0 Å². The van der Waals surface area contributed by atoms with Crippen molar-refractivity contribution in [1.82, 2.24) is 0 Å². The SMILES string of the molecule is Cc1ccc(OC(Cc2cccc(Cl)c2)C(=O)O)cc1. The maximum absolute atomic E-state index is 11.3. The summed E-state index contributed by atoms with van der Waals surface area (Å²) in [4.78, 5) is 11.3. The molecular weight excluding hydrogens is 276 g/mol. The standard InChI is InChI=1S/C16H15ClO3/c1-11-5-7-14(8-6-11)20-15(16(18)19)10-12-3-2-4-13(17)9-12/h2-9,15H,10H2,1H3,(H,18,19). The van der Waals surface area contributed by atoms with Crippen LogP contribution in [0.5, 0.6) is 5.75 Å². The zero-order valence-corrected chi connectivity index (χ0v) is 11.8. The van der Waals surface area contributed by atoms with Crippen molar-refractivity contribution in [1.29, 1.82) is 0 Å². The van der Waals surface area contributed by atoms with Crippen molar-refractivity contribution in [2.75, 3.05) is 0 Å². The summed E-state index contributed by atoms with van der Waals surface area (Å²) < 4.78 is 5.53. The minimum atomic E-state index is -0.995. The fraction of sp³-hybridized carbons (Fsp3) is 0.188. The zero-order valence-electron chi connectivity index (χ0n) is 11.0. The van der Waals surface area contributed by atoms with E-state index in [0.29, 0.717) is 10.8 Å². The summed E-state index contributed by atoms with van der Waals surface area (Å²) in [6.45, 7) is 1.96. The smallest absolute Gasteiger partial charge is 0.345 e. The van der Waals surface area contributed by atoms with E-state index in [-0.39, 0.29) is 6.42 Å². The van der Waals surface area contributed by atoms with E-state index in [1.165, 1.54) is 0 Å². The summed E-state index contributed by atoms with van der Waals surface area (Å²) in [5.41, 5.74) is 1.93. The third kappa shape index (κ3) is 4.00. The summed E-state index contributed by atoms with van der Waals surface area (Å²) in [5, 5.41) is 9.85. The van der Waals surface area contributed by atoms with E-state index in [4.69, 9.17) is 16.3 Å². The molecule has 0 aliphatic heterocycles.